The molecule has 1 heterocycles. The van der Waals surface area contributed by atoms with Crippen LogP contribution in [-0.4, -0.2) is 25.8 Å². The minimum Gasteiger partial charge on any atom is -0.356 e. The summed E-state index contributed by atoms with van der Waals surface area (Å²) < 4.78 is 10.3. The van der Waals surface area contributed by atoms with E-state index < -0.39 is 0 Å². The topological polar surface area (TPSA) is 35.5 Å². The van der Waals surface area contributed by atoms with Gasteiger partial charge in [-0.1, -0.05) is 6.92 Å². The highest BCUT2D eigenvalue weighted by atomic mass is 16.7. The lowest BCUT2D eigenvalue weighted by atomic mass is 9.97. The molecule has 1 fully saturated rings. The Bertz CT molecular complexity index is 135. The monoisotopic (exact) mass is 158 g/mol. The summed E-state index contributed by atoms with van der Waals surface area (Å²) in [4.78, 5) is 10.4. The summed E-state index contributed by atoms with van der Waals surface area (Å²) in [6, 6.07) is 0. The van der Waals surface area contributed by atoms with Gasteiger partial charge in [0.15, 0.2) is 6.29 Å². The molecule has 0 aromatic rings. The molecular weight excluding hydrogens is 144 g/mol. The maximum atomic E-state index is 10.4. The number of methoxy groups -OCH3 is 1. The summed E-state index contributed by atoms with van der Waals surface area (Å²) in [6.45, 7) is 2.10. The van der Waals surface area contributed by atoms with Crippen LogP contribution >= 0.6 is 0 Å². The van der Waals surface area contributed by atoms with Gasteiger partial charge >= 0.3 is 0 Å². The van der Waals surface area contributed by atoms with E-state index in [1.807, 2.05) is 0 Å². The second-order valence-electron chi connectivity index (χ2n) is 3.05. The van der Waals surface area contributed by atoms with Crippen LogP contribution in [0.1, 0.15) is 19.8 Å². The summed E-state index contributed by atoms with van der Waals surface area (Å²) >= 11 is 0. The first-order valence-electron chi connectivity index (χ1n) is 3.89. The van der Waals surface area contributed by atoms with Crippen LogP contribution in [-0.2, 0) is 14.3 Å². The molecule has 0 radical (unpaired) electrons. The molecule has 11 heavy (non-hydrogen) atoms. The number of hydrogen-bond donors (Lipinski definition) is 0. The van der Waals surface area contributed by atoms with E-state index in [2.05, 4.69) is 6.92 Å². The fourth-order valence-electron chi connectivity index (χ4n) is 1.37. The van der Waals surface area contributed by atoms with E-state index in [4.69, 9.17) is 9.47 Å². The van der Waals surface area contributed by atoms with Gasteiger partial charge in [0, 0.05) is 13.5 Å². The Morgan fingerprint density at radius 2 is 2.27 bits per heavy atom. The third kappa shape index (κ3) is 2.27. The van der Waals surface area contributed by atoms with Crippen LogP contribution in [0.3, 0.4) is 0 Å². The molecule has 0 N–H and O–H groups in total. The fourth-order valence-corrected chi connectivity index (χ4v) is 1.37. The van der Waals surface area contributed by atoms with Gasteiger partial charge in [0.2, 0.25) is 0 Å². The summed E-state index contributed by atoms with van der Waals surface area (Å²) in [5.74, 6) is 0.517. The first-order valence-corrected chi connectivity index (χ1v) is 3.89. The van der Waals surface area contributed by atoms with Crippen LogP contribution in [0.4, 0.5) is 0 Å². The lowest BCUT2D eigenvalue weighted by Gasteiger charge is -2.29. The Kier molecular flexibility index (Phi) is 3.02. The molecule has 1 aliphatic rings. The van der Waals surface area contributed by atoms with Crippen molar-refractivity contribution in [2.45, 2.75) is 32.2 Å². The zero-order chi connectivity index (χ0) is 8.27. The summed E-state index contributed by atoms with van der Waals surface area (Å²) in [7, 11) is 1.60. The van der Waals surface area contributed by atoms with E-state index >= 15 is 0 Å². The number of carbonyl (C=O) groups excluding carboxylic acids is 1. The van der Waals surface area contributed by atoms with Crippen LogP contribution < -0.4 is 0 Å². The van der Waals surface area contributed by atoms with Crippen LogP contribution in [0.2, 0.25) is 0 Å². The molecule has 0 aromatic heterocycles. The number of aldehydes is 1. The highest BCUT2D eigenvalue weighted by Crippen LogP contribution is 2.23. The van der Waals surface area contributed by atoms with E-state index in [9.17, 15) is 4.79 Å². The van der Waals surface area contributed by atoms with Gasteiger partial charge in [0.25, 0.3) is 0 Å². The predicted octanol–water partition coefficient (Wildman–Crippen LogP) is 0.973. The maximum absolute atomic E-state index is 10.4. The van der Waals surface area contributed by atoms with E-state index in [1.165, 1.54) is 0 Å². The molecule has 1 rings (SSSR count). The molecule has 0 spiro atoms. The second-order valence-corrected chi connectivity index (χ2v) is 3.05. The third-order valence-electron chi connectivity index (χ3n) is 1.97. The Labute approximate surface area is 66.7 Å². The number of ether oxygens (including phenoxy) is 2. The van der Waals surface area contributed by atoms with E-state index in [-0.39, 0.29) is 12.4 Å². The highest BCUT2D eigenvalue weighted by Gasteiger charge is 2.26. The van der Waals surface area contributed by atoms with E-state index in [0.29, 0.717) is 5.92 Å². The van der Waals surface area contributed by atoms with Crippen molar-refractivity contribution in [2.24, 2.45) is 5.92 Å². The molecule has 0 saturated carbocycles. The highest BCUT2D eigenvalue weighted by molar-refractivity contribution is 5.56. The van der Waals surface area contributed by atoms with Crippen molar-refractivity contribution in [3.8, 4) is 0 Å². The lowest BCUT2D eigenvalue weighted by Crippen LogP contribution is -2.33. The molecule has 1 aliphatic heterocycles. The number of carbonyl (C=O) groups is 1. The summed E-state index contributed by atoms with van der Waals surface area (Å²) in [5, 5.41) is 0. The van der Waals surface area contributed by atoms with Gasteiger partial charge in [-0.2, -0.15) is 0 Å². The van der Waals surface area contributed by atoms with Gasteiger partial charge in [0.05, 0.1) is 0 Å². The fraction of sp³-hybridized carbons (Fsp3) is 0.875. The summed E-state index contributed by atoms with van der Waals surface area (Å²) in [6.07, 6.45) is 2.11. The predicted molar refractivity (Wildman–Crippen MR) is 40.1 cm³/mol. The van der Waals surface area contributed by atoms with Gasteiger partial charge in [0.1, 0.15) is 12.4 Å². The Morgan fingerprint density at radius 3 is 2.82 bits per heavy atom. The smallest absolute Gasteiger partial charge is 0.158 e. The van der Waals surface area contributed by atoms with E-state index in [1.54, 1.807) is 7.11 Å². The third-order valence-corrected chi connectivity index (χ3v) is 1.97. The quantitative estimate of drug-likeness (QED) is 0.562. The maximum Gasteiger partial charge on any atom is 0.158 e. The molecule has 64 valence electrons. The van der Waals surface area contributed by atoms with Crippen molar-refractivity contribution >= 4 is 6.29 Å². The minimum atomic E-state index is -0.260. The zero-order valence-corrected chi connectivity index (χ0v) is 6.95. The van der Waals surface area contributed by atoms with Crippen LogP contribution in [0.15, 0.2) is 0 Å². The first-order chi connectivity index (χ1) is 5.26. The molecule has 3 heteroatoms. The number of rotatable bonds is 2. The molecule has 3 nitrogen and oxygen atoms in total. The molecule has 1 saturated heterocycles. The molecule has 0 aromatic carbocycles. The lowest BCUT2D eigenvalue weighted by molar-refractivity contribution is -0.188. The Morgan fingerprint density at radius 1 is 1.55 bits per heavy atom. The van der Waals surface area contributed by atoms with Crippen molar-refractivity contribution in [1.82, 2.24) is 0 Å². The van der Waals surface area contributed by atoms with Crippen molar-refractivity contribution in [1.29, 1.82) is 0 Å². The van der Waals surface area contributed by atoms with Crippen LogP contribution in [0.25, 0.3) is 0 Å². The minimum absolute atomic E-state index is 0.186. The summed E-state index contributed by atoms with van der Waals surface area (Å²) in [5.41, 5.74) is 0. The first kappa shape index (κ1) is 8.68. The van der Waals surface area contributed by atoms with E-state index in [0.717, 1.165) is 19.1 Å². The molecule has 0 amide bonds. The number of hydrogen-bond acceptors (Lipinski definition) is 3. The molecular formula is C8H14O3. The normalized spacial score (nSPS) is 38.5. The Hall–Kier alpha value is -0.410. The average Bonchev–Trinajstić information content (AvgIpc) is 2.03. The van der Waals surface area contributed by atoms with Gasteiger partial charge in [-0.3, -0.25) is 0 Å². The van der Waals surface area contributed by atoms with Crippen molar-refractivity contribution in [3.63, 3.8) is 0 Å². The van der Waals surface area contributed by atoms with Crippen LogP contribution in [0, 0.1) is 5.92 Å². The van der Waals surface area contributed by atoms with Crippen molar-refractivity contribution in [3.05, 3.63) is 0 Å². The Balaban J connectivity index is 2.43. The van der Waals surface area contributed by atoms with Gasteiger partial charge in [-0.05, 0) is 12.3 Å². The van der Waals surface area contributed by atoms with Crippen LogP contribution in [0.5, 0.6) is 0 Å². The average molecular weight is 158 g/mol. The SMILES string of the molecule is CO[C@H]1C[C@H](C)C[C@@H](C=O)O1. The zero-order valence-electron chi connectivity index (χ0n) is 6.95. The molecule has 0 unspecified atom stereocenters. The van der Waals surface area contributed by atoms with Gasteiger partial charge < -0.3 is 14.3 Å². The van der Waals surface area contributed by atoms with Crippen molar-refractivity contribution < 1.29 is 14.3 Å². The van der Waals surface area contributed by atoms with Crippen molar-refractivity contribution in [2.75, 3.05) is 7.11 Å². The molecule has 0 bridgehead atoms. The van der Waals surface area contributed by atoms with Gasteiger partial charge in [-0.25, -0.2) is 0 Å². The second kappa shape index (κ2) is 3.83. The van der Waals surface area contributed by atoms with Gasteiger partial charge in [-0.15, -0.1) is 0 Å². The molecule has 3 atom stereocenters. The largest absolute Gasteiger partial charge is 0.356 e. The standard InChI is InChI=1S/C8H14O3/c1-6-3-7(5-9)11-8(4-6)10-2/h5-8H,3-4H2,1-2H3/t6-,7+,8-/m1/s1. The molecule has 0 aliphatic carbocycles.